The third-order valence-corrected chi connectivity index (χ3v) is 4.29. The number of benzene rings is 1. The van der Waals surface area contributed by atoms with Crippen LogP contribution in [0.3, 0.4) is 0 Å². The lowest BCUT2D eigenvalue weighted by molar-refractivity contribution is 0.00781. The Morgan fingerprint density at radius 1 is 1.24 bits per heavy atom. The van der Waals surface area contributed by atoms with Crippen LogP contribution in [0.15, 0.2) is 22.7 Å². The summed E-state index contributed by atoms with van der Waals surface area (Å²) in [6.45, 7) is 5.31. The Balaban J connectivity index is 1.62. The molecule has 3 saturated heterocycles. The number of hydrogen-bond donors (Lipinski definition) is 2. The zero-order chi connectivity index (χ0) is 14.4. The van der Waals surface area contributed by atoms with Crippen LogP contribution in [-0.4, -0.2) is 57.8 Å². The van der Waals surface area contributed by atoms with Gasteiger partial charge >= 0.3 is 0 Å². The van der Waals surface area contributed by atoms with Crippen molar-refractivity contribution in [1.82, 2.24) is 19.9 Å². The van der Waals surface area contributed by atoms with E-state index in [1.54, 1.807) is 12.1 Å². The first-order valence-electron chi connectivity index (χ1n) is 7.09. The summed E-state index contributed by atoms with van der Waals surface area (Å²) >= 11 is 0. The largest absolute Gasteiger partial charge is 0.506 e. The molecule has 21 heavy (non-hydrogen) atoms. The molecule has 2 bridgehead atoms. The van der Waals surface area contributed by atoms with Crippen LogP contribution in [-0.2, 0) is 0 Å². The van der Waals surface area contributed by atoms with Crippen LogP contribution in [0.25, 0.3) is 11.5 Å². The van der Waals surface area contributed by atoms with Crippen LogP contribution in [0, 0.1) is 0 Å². The first-order chi connectivity index (χ1) is 10.2. The summed E-state index contributed by atoms with van der Waals surface area (Å²) in [4.78, 5) is 9.34. The molecular formula is C14H17N5O2. The Morgan fingerprint density at radius 2 is 2.05 bits per heavy atom. The highest BCUT2D eigenvalue weighted by molar-refractivity contribution is 5.64. The first-order valence-corrected chi connectivity index (χ1v) is 7.09. The molecule has 3 aliphatic rings. The third kappa shape index (κ3) is 2.14. The van der Waals surface area contributed by atoms with Gasteiger partial charge in [0, 0.05) is 38.3 Å². The van der Waals surface area contributed by atoms with Gasteiger partial charge in [0.1, 0.15) is 5.75 Å². The lowest BCUT2D eigenvalue weighted by atomic mass is 10.1. The number of nitrogen functional groups attached to an aromatic ring is 1. The molecule has 3 aliphatic heterocycles. The van der Waals surface area contributed by atoms with Crippen molar-refractivity contribution in [2.75, 3.05) is 38.5 Å². The Morgan fingerprint density at radius 3 is 2.71 bits per heavy atom. The number of fused-ring (bicyclic) bond motifs is 3. The minimum absolute atomic E-state index is 0.0574. The summed E-state index contributed by atoms with van der Waals surface area (Å²) in [6.07, 6.45) is 0. The van der Waals surface area contributed by atoms with E-state index in [4.69, 9.17) is 10.3 Å². The molecule has 3 N–H and O–H groups in total. The van der Waals surface area contributed by atoms with E-state index in [2.05, 4.69) is 19.9 Å². The highest BCUT2D eigenvalue weighted by Crippen LogP contribution is 2.30. The zero-order valence-electron chi connectivity index (χ0n) is 11.6. The molecule has 5 rings (SSSR count). The molecule has 1 aromatic carbocycles. The fourth-order valence-electron chi connectivity index (χ4n) is 3.04. The molecule has 0 saturated carbocycles. The van der Waals surface area contributed by atoms with Crippen molar-refractivity contribution < 1.29 is 9.63 Å². The van der Waals surface area contributed by atoms with Gasteiger partial charge < -0.3 is 15.4 Å². The molecule has 7 heteroatoms. The number of phenolic OH excluding ortho intramolecular Hbond substituents is 1. The summed E-state index contributed by atoms with van der Waals surface area (Å²) in [5, 5.41) is 13.6. The lowest BCUT2D eigenvalue weighted by Crippen LogP contribution is -2.57. The number of nitrogens with two attached hydrogens (primary N) is 1. The van der Waals surface area contributed by atoms with E-state index in [1.165, 1.54) is 6.07 Å². The van der Waals surface area contributed by atoms with Gasteiger partial charge in [-0.25, -0.2) is 0 Å². The molecule has 0 aliphatic carbocycles. The molecule has 1 unspecified atom stereocenters. The summed E-state index contributed by atoms with van der Waals surface area (Å²) in [6, 6.07) is 5.11. The molecule has 7 nitrogen and oxygen atoms in total. The van der Waals surface area contributed by atoms with Crippen molar-refractivity contribution in [1.29, 1.82) is 0 Å². The number of rotatable bonds is 2. The Hall–Kier alpha value is -2.12. The van der Waals surface area contributed by atoms with Crippen LogP contribution in [0.5, 0.6) is 5.75 Å². The lowest BCUT2D eigenvalue weighted by Gasteiger charge is -2.46. The van der Waals surface area contributed by atoms with E-state index in [1.807, 2.05) is 0 Å². The standard InChI is InChI=1S/C14H17N5O2/c15-10-7-9(1-2-12(10)20)14-16-13(17-21-14)11-8-18-3-5-19(11)6-4-18/h1-2,7,11,20H,3-6,8,15H2. The average Bonchev–Trinajstić information content (AvgIpc) is 3.01. The summed E-state index contributed by atoms with van der Waals surface area (Å²) < 4.78 is 5.36. The monoisotopic (exact) mass is 287 g/mol. The second kappa shape index (κ2) is 4.71. The number of piperazine rings is 3. The molecule has 4 heterocycles. The smallest absolute Gasteiger partial charge is 0.258 e. The Bertz CT molecular complexity index is 663. The number of aromatic hydroxyl groups is 1. The Kier molecular flexibility index (Phi) is 2.83. The fraction of sp³-hybridized carbons (Fsp3) is 0.429. The minimum Gasteiger partial charge on any atom is -0.506 e. The second-order valence-corrected chi connectivity index (χ2v) is 5.58. The molecule has 1 atom stereocenters. The topological polar surface area (TPSA) is 91.7 Å². The third-order valence-electron chi connectivity index (χ3n) is 4.29. The Labute approximate surface area is 122 Å². The van der Waals surface area contributed by atoms with Crippen molar-refractivity contribution in [2.45, 2.75) is 6.04 Å². The highest BCUT2D eigenvalue weighted by atomic mass is 16.5. The summed E-state index contributed by atoms with van der Waals surface area (Å²) in [5.41, 5.74) is 6.73. The van der Waals surface area contributed by atoms with E-state index in [0.29, 0.717) is 11.6 Å². The maximum atomic E-state index is 9.47. The first kappa shape index (κ1) is 12.6. The van der Waals surface area contributed by atoms with Crippen molar-refractivity contribution in [3.63, 3.8) is 0 Å². The number of nitrogens with zero attached hydrogens (tertiary/aromatic N) is 4. The van der Waals surface area contributed by atoms with Gasteiger partial charge in [0.2, 0.25) is 0 Å². The highest BCUT2D eigenvalue weighted by Gasteiger charge is 2.35. The van der Waals surface area contributed by atoms with E-state index in [0.717, 1.165) is 44.1 Å². The summed E-state index contributed by atoms with van der Waals surface area (Å²) in [5.74, 6) is 1.22. The molecule has 3 fully saturated rings. The maximum Gasteiger partial charge on any atom is 0.258 e. The van der Waals surface area contributed by atoms with E-state index >= 15 is 0 Å². The van der Waals surface area contributed by atoms with Crippen LogP contribution >= 0.6 is 0 Å². The maximum absolute atomic E-state index is 9.47. The van der Waals surface area contributed by atoms with Crippen molar-refractivity contribution >= 4 is 5.69 Å². The van der Waals surface area contributed by atoms with Crippen LogP contribution in [0.2, 0.25) is 0 Å². The van der Waals surface area contributed by atoms with E-state index in [9.17, 15) is 5.11 Å². The van der Waals surface area contributed by atoms with Crippen molar-refractivity contribution in [2.24, 2.45) is 0 Å². The molecule has 0 radical (unpaired) electrons. The molecule has 0 amide bonds. The van der Waals surface area contributed by atoms with Gasteiger partial charge in [0.15, 0.2) is 5.82 Å². The van der Waals surface area contributed by atoms with Gasteiger partial charge in [-0.2, -0.15) is 4.98 Å². The number of aromatic nitrogens is 2. The minimum atomic E-state index is 0.0574. The zero-order valence-corrected chi connectivity index (χ0v) is 11.6. The SMILES string of the molecule is Nc1cc(-c2nc(C3CN4CCN3CC4)no2)ccc1O. The van der Waals surface area contributed by atoms with Crippen LogP contribution < -0.4 is 5.73 Å². The van der Waals surface area contributed by atoms with Gasteiger partial charge in [0.05, 0.1) is 11.7 Å². The molecule has 110 valence electrons. The normalized spacial score (nSPS) is 27.9. The van der Waals surface area contributed by atoms with E-state index in [-0.39, 0.29) is 11.8 Å². The number of phenols is 1. The predicted octanol–water partition coefficient (Wildman–Crippen LogP) is 0.697. The van der Waals surface area contributed by atoms with Gasteiger partial charge in [-0.1, -0.05) is 5.16 Å². The molecule has 1 aromatic heterocycles. The number of anilines is 1. The molecule has 2 aromatic rings. The average molecular weight is 287 g/mol. The second-order valence-electron chi connectivity index (χ2n) is 5.58. The summed E-state index contributed by atoms with van der Waals surface area (Å²) in [7, 11) is 0. The van der Waals surface area contributed by atoms with Crippen LogP contribution in [0.1, 0.15) is 11.9 Å². The van der Waals surface area contributed by atoms with Gasteiger partial charge in [-0.05, 0) is 18.2 Å². The van der Waals surface area contributed by atoms with Gasteiger partial charge in [-0.3, -0.25) is 9.80 Å². The fourth-order valence-corrected chi connectivity index (χ4v) is 3.04. The molecular weight excluding hydrogens is 270 g/mol. The molecule has 0 spiro atoms. The quantitative estimate of drug-likeness (QED) is 0.620. The van der Waals surface area contributed by atoms with Gasteiger partial charge in [-0.15, -0.1) is 0 Å². The van der Waals surface area contributed by atoms with Crippen LogP contribution in [0.4, 0.5) is 5.69 Å². The van der Waals surface area contributed by atoms with Crippen molar-refractivity contribution in [3.05, 3.63) is 24.0 Å². The van der Waals surface area contributed by atoms with Crippen molar-refractivity contribution in [3.8, 4) is 17.2 Å². The van der Waals surface area contributed by atoms with E-state index < -0.39 is 0 Å². The van der Waals surface area contributed by atoms with Gasteiger partial charge in [0.25, 0.3) is 5.89 Å². The number of hydrogen-bond acceptors (Lipinski definition) is 7. The predicted molar refractivity (Wildman–Crippen MR) is 76.6 cm³/mol.